The van der Waals surface area contributed by atoms with Crippen molar-refractivity contribution in [3.05, 3.63) is 23.3 Å². The molecule has 1 rings (SSSR count). The second-order valence-electron chi connectivity index (χ2n) is 3.00. The Morgan fingerprint density at radius 3 is 2.46 bits per heavy atom. The molecule has 0 saturated heterocycles. The molecular formula is C11H16O2. The minimum Gasteiger partial charge on any atom is -0.496 e. The molecule has 1 aromatic rings. The van der Waals surface area contributed by atoms with Gasteiger partial charge in [-0.25, -0.2) is 0 Å². The van der Waals surface area contributed by atoms with Crippen molar-refractivity contribution in [2.45, 2.75) is 20.8 Å². The van der Waals surface area contributed by atoms with Gasteiger partial charge in [0, 0.05) is 6.07 Å². The van der Waals surface area contributed by atoms with Gasteiger partial charge in [0.25, 0.3) is 0 Å². The van der Waals surface area contributed by atoms with Crippen LogP contribution < -0.4 is 9.47 Å². The predicted octanol–water partition coefficient (Wildman–Crippen LogP) is 2.71. The van der Waals surface area contributed by atoms with Gasteiger partial charge in [-0.3, -0.25) is 0 Å². The first-order valence-corrected chi connectivity index (χ1v) is 4.47. The van der Waals surface area contributed by atoms with E-state index in [1.165, 1.54) is 11.1 Å². The van der Waals surface area contributed by atoms with E-state index >= 15 is 0 Å². The molecule has 2 nitrogen and oxygen atoms in total. The van der Waals surface area contributed by atoms with Crippen LogP contribution in [0.2, 0.25) is 0 Å². The maximum Gasteiger partial charge on any atom is 0.125 e. The van der Waals surface area contributed by atoms with Gasteiger partial charge in [0.15, 0.2) is 0 Å². The highest BCUT2D eigenvalue weighted by molar-refractivity contribution is 5.45. The van der Waals surface area contributed by atoms with E-state index in [1.54, 1.807) is 7.11 Å². The number of rotatable bonds is 3. The molecule has 0 spiro atoms. The highest BCUT2D eigenvalue weighted by atomic mass is 16.5. The van der Waals surface area contributed by atoms with Crippen LogP contribution in [-0.2, 0) is 0 Å². The summed E-state index contributed by atoms with van der Waals surface area (Å²) < 4.78 is 10.6. The number of hydrogen-bond acceptors (Lipinski definition) is 2. The van der Waals surface area contributed by atoms with Crippen molar-refractivity contribution in [3.8, 4) is 11.5 Å². The Bertz CT molecular complexity index is 292. The zero-order chi connectivity index (χ0) is 9.84. The second kappa shape index (κ2) is 4.17. The smallest absolute Gasteiger partial charge is 0.125 e. The van der Waals surface area contributed by atoms with Crippen LogP contribution in [0.15, 0.2) is 12.1 Å². The predicted molar refractivity (Wildman–Crippen MR) is 53.6 cm³/mol. The molecule has 0 fully saturated rings. The van der Waals surface area contributed by atoms with Crippen molar-refractivity contribution in [2.24, 2.45) is 0 Å². The largest absolute Gasteiger partial charge is 0.496 e. The van der Waals surface area contributed by atoms with Gasteiger partial charge >= 0.3 is 0 Å². The summed E-state index contributed by atoms with van der Waals surface area (Å²) in [6, 6.07) is 3.95. The molecule has 0 aliphatic heterocycles. The van der Waals surface area contributed by atoms with Crippen LogP contribution >= 0.6 is 0 Å². The van der Waals surface area contributed by atoms with E-state index in [2.05, 4.69) is 6.92 Å². The van der Waals surface area contributed by atoms with E-state index in [0.29, 0.717) is 6.61 Å². The summed E-state index contributed by atoms with van der Waals surface area (Å²) in [5.41, 5.74) is 2.37. The first kappa shape index (κ1) is 9.90. The molecule has 0 amide bonds. The standard InChI is InChI=1S/C11H16O2/c1-5-13-10-6-8(2)9(3)11(7-10)12-4/h6-7H,5H2,1-4H3. The number of aryl methyl sites for hydroxylation is 1. The Morgan fingerprint density at radius 2 is 1.92 bits per heavy atom. The Kier molecular flexibility index (Phi) is 3.18. The van der Waals surface area contributed by atoms with Crippen LogP contribution in [0.3, 0.4) is 0 Å². The van der Waals surface area contributed by atoms with E-state index < -0.39 is 0 Å². The monoisotopic (exact) mass is 180 g/mol. The molecule has 0 saturated carbocycles. The molecule has 0 atom stereocenters. The highest BCUT2D eigenvalue weighted by Gasteiger charge is 2.04. The van der Waals surface area contributed by atoms with Crippen LogP contribution in [0.25, 0.3) is 0 Å². The summed E-state index contributed by atoms with van der Waals surface area (Å²) in [5, 5.41) is 0. The second-order valence-corrected chi connectivity index (χ2v) is 3.00. The molecule has 0 unspecified atom stereocenters. The maximum atomic E-state index is 5.40. The molecule has 72 valence electrons. The third-order valence-corrected chi connectivity index (χ3v) is 2.12. The zero-order valence-electron chi connectivity index (χ0n) is 8.68. The first-order valence-electron chi connectivity index (χ1n) is 4.47. The molecule has 1 aromatic carbocycles. The number of benzene rings is 1. The van der Waals surface area contributed by atoms with Gasteiger partial charge in [-0.1, -0.05) is 0 Å². The van der Waals surface area contributed by atoms with Crippen LogP contribution in [0.5, 0.6) is 11.5 Å². The molecular weight excluding hydrogens is 164 g/mol. The summed E-state index contributed by atoms with van der Waals surface area (Å²) in [4.78, 5) is 0. The van der Waals surface area contributed by atoms with Crippen LogP contribution in [0.1, 0.15) is 18.1 Å². The van der Waals surface area contributed by atoms with E-state index in [4.69, 9.17) is 9.47 Å². The lowest BCUT2D eigenvalue weighted by Gasteiger charge is -2.10. The molecule has 0 bridgehead atoms. The summed E-state index contributed by atoms with van der Waals surface area (Å²) in [5.74, 6) is 1.77. The van der Waals surface area contributed by atoms with Crippen molar-refractivity contribution < 1.29 is 9.47 Å². The molecule has 0 radical (unpaired) electrons. The van der Waals surface area contributed by atoms with E-state index in [0.717, 1.165) is 11.5 Å². The van der Waals surface area contributed by atoms with Gasteiger partial charge in [-0.05, 0) is 38.0 Å². The van der Waals surface area contributed by atoms with Gasteiger partial charge < -0.3 is 9.47 Å². The molecule has 13 heavy (non-hydrogen) atoms. The minimum atomic E-state index is 0.686. The van der Waals surface area contributed by atoms with E-state index in [1.807, 2.05) is 26.0 Å². The average Bonchev–Trinajstić information content (AvgIpc) is 2.11. The normalized spacial score (nSPS) is 9.85. The quantitative estimate of drug-likeness (QED) is 0.712. The van der Waals surface area contributed by atoms with Gasteiger partial charge in [-0.2, -0.15) is 0 Å². The summed E-state index contributed by atoms with van der Waals surface area (Å²) in [6.07, 6.45) is 0. The molecule has 0 aromatic heterocycles. The molecule has 0 aliphatic carbocycles. The van der Waals surface area contributed by atoms with Gasteiger partial charge in [-0.15, -0.1) is 0 Å². The van der Waals surface area contributed by atoms with Gasteiger partial charge in [0.05, 0.1) is 13.7 Å². The Hall–Kier alpha value is -1.18. The van der Waals surface area contributed by atoms with Crippen molar-refractivity contribution in [1.82, 2.24) is 0 Å². The topological polar surface area (TPSA) is 18.5 Å². The lowest BCUT2D eigenvalue weighted by molar-refractivity contribution is 0.335. The Balaban J connectivity index is 3.06. The van der Waals surface area contributed by atoms with Crippen molar-refractivity contribution in [1.29, 1.82) is 0 Å². The fourth-order valence-corrected chi connectivity index (χ4v) is 1.26. The molecule has 0 N–H and O–H groups in total. The lowest BCUT2D eigenvalue weighted by atomic mass is 10.1. The van der Waals surface area contributed by atoms with Crippen LogP contribution in [0.4, 0.5) is 0 Å². The van der Waals surface area contributed by atoms with Crippen LogP contribution in [0, 0.1) is 13.8 Å². The van der Waals surface area contributed by atoms with Crippen molar-refractivity contribution in [3.63, 3.8) is 0 Å². The molecule has 2 heteroatoms. The van der Waals surface area contributed by atoms with Crippen molar-refractivity contribution >= 4 is 0 Å². The highest BCUT2D eigenvalue weighted by Crippen LogP contribution is 2.27. The average molecular weight is 180 g/mol. The molecule has 0 aliphatic rings. The number of methoxy groups -OCH3 is 1. The third kappa shape index (κ3) is 2.14. The summed E-state index contributed by atoms with van der Waals surface area (Å²) in [6.45, 7) is 6.76. The Labute approximate surface area is 79.5 Å². The van der Waals surface area contributed by atoms with E-state index in [-0.39, 0.29) is 0 Å². The summed E-state index contributed by atoms with van der Waals surface area (Å²) >= 11 is 0. The van der Waals surface area contributed by atoms with Crippen LogP contribution in [-0.4, -0.2) is 13.7 Å². The fraction of sp³-hybridized carbons (Fsp3) is 0.455. The van der Waals surface area contributed by atoms with Crippen molar-refractivity contribution in [2.75, 3.05) is 13.7 Å². The first-order chi connectivity index (χ1) is 6.19. The van der Waals surface area contributed by atoms with Gasteiger partial charge in [0.1, 0.15) is 11.5 Å². The minimum absolute atomic E-state index is 0.686. The lowest BCUT2D eigenvalue weighted by Crippen LogP contribution is -1.95. The maximum absolute atomic E-state index is 5.40. The number of hydrogen-bond donors (Lipinski definition) is 0. The fourth-order valence-electron chi connectivity index (χ4n) is 1.26. The SMILES string of the molecule is CCOc1cc(C)c(C)c(OC)c1. The number of ether oxygens (including phenoxy) is 2. The van der Waals surface area contributed by atoms with Gasteiger partial charge in [0.2, 0.25) is 0 Å². The summed E-state index contributed by atoms with van der Waals surface area (Å²) in [7, 11) is 1.68. The zero-order valence-corrected chi connectivity index (χ0v) is 8.68. The Morgan fingerprint density at radius 1 is 1.23 bits per heavy atom. The van der Waals surface area contributed by atoms with E-state index in [9.17, 15) is 0 Å². The molecule has 0 heterocycles. The third-order valence-electron chi connectivity index (χ3n) is 2.12.